The lowest BCUT2D eigenvalue weighted by Crippen LogP contribution is -2.26. The fourth-order valence-corrected chi connectivity index (χ4v) is 2.38. The fraction of sp³-hybridized carbons (Fsp3) is 0.455. The minimum Gasteiger partial charge on any atom is -0.312 e. The predicted molar refractivity (Wildman–Crippen MR) is 65.2 cm³/mol. The minimum absolute atomic E-state index is 0.185. The summed E-state index contributed by atoms with van der Waals surface area (Å²) >= 11 is 2.48. The summed E-state index contributed by atoms with van der Waals surface area (Å²) < 4.78 is 0.185. The third-order valence-corrected chi connectivity index (χ3v) is 3.15. The molecule has 0 aromatic heterocycles. The molecule has 1 N–H and O–H groups in total. The van der Waals surface area contributed by atoms with Crippen LogP contribution in [-0.2, 0) is 0 Å². The number of hydrogen-bond acceptors (Lipinski definition) is 1. The van der Waals surface area contributed by atoms with E-state index in [1.165, 1.54) is 17.6 Å². The van der Waals surface area contributed by atoms with Crippen molar-refractivity contribution < 1.29 is 0 Å². The Balaban J connectivity index is 2.34. The Labute approximate surface area is 93.1 Å². The molecule has 1 heterocycles. The average Bonchev–Trinajstić information content (AvgIpc) is 2.21. The summed E-state index contributed by atoms with van der Waals surface area (Å²) in [7, 11) is 0. The zero-order chi connectivity index (χ0) is 9.31. The lowest BCUT2D eigenvalue weighted by Gasteiger charge is -2.21. The van der Waals surface area contributed by atoms with E-state index in [1.54, 1.807) is 0 Å². The number of fused-ring (bicyclic) bond motifs is 1. The molecule has 70 valence electrons. The molecular weight excluding hydrogens is 273 g/mol. The van der Waals surface area contributed by atoms with Crippen molar-refractivity contribution in [3.05, 3.63) is 35.5 Å². The summed E-state index contributed by atoms with van der Waals surface area (Å²) in [6.07, 6.45) is 10.2. The molecule has 1 aliphatic heterocycles. The number of hydrogen-bond donors (Lipinski definition) is 1. The second-order valence-electron chi connectivity index (χ2n) is 3.80. The molecule has 2 heteroatoms. The maximum Gasteiger partial charge on any atom is 0.0561 e. The Morgan fingerprint density at radius 2 is 2.31 bits per heavy atom. The quantitative estimate of drug-likeness (QED) is 0.533. The molecule has 2 rings (SSSR count). The number of nitrogens with one attached hydrogen (secondary N) is 1. The smallest absolute Gasteiger partial charge is 0.0561 e. The van der Waals surface area contributed by atoms with Gasteiger partial charge in [-0.3, -0.25) is 0 Å². The second kappa shape index (κ2) is 3.58. The molecule has 2 aliphatic rings. The maximum atomic E-state index is 3.41. The van der Waals surface area contributed by atoms with E-state index >= 15 is 0 Å². The standard InChI is InChI=1S/C11H14IN/c1-11(12)5-2-3-9-4-6-13-8-10(9)7-11/h2-3,5,7,13H,4,6,8H2,1H3. The third-order valence-electron chi connectivity index (χ3n) is 2.47. The number of allylic oxidation sites excluding steroid dienone is 4. The van der Waals surface area contributed by atoms with Crippen LogP contribution in [0.1, 0.15) is 13.3 Å². The topological polar surface area (TPSA) is 12.0 Å². The van der Waals surface area contributed by atoms with Gasteiger partial charge in [-0.05, 0) is 31.0 Å². The minimum atomic E-state index is 0.185. The monoisotopic (exact) mass is 287 g/mol. The molecule has 0 aromatic carbocycles. The first kappa shape index (κ1) is 9.46. The van der Waals surface area contributed by atoms with Crippen LogP contribution in [0.5, 0.6) is 0 Å². The van der Waals surface area contributed by atoms with Crippen LogP contribution in [-0.4, -0.2) is 16.5 Å². The van der Waals surface area contributed by atoms with Crippen molar-refractivity contribution in [3.8, 4) is 0 Å². The zero-order valence-electron chi connectivity index (χ0n) is 7.81. The van der Waals surface area contributed by atoms with Crippen molar-refractivity contribution >= 4 is 22.6 Å². The molecule has 0 aromatic rings. The van der Waals surface area contributed by atoms with E-state index in [0.717, 1.165) is 13.1 Å². The van der Waals surface area contributed by atoms with Crippen molar-refractivity contribution in [1.29, 1.82) is 0 Å². The third kappa shape index (κ3) is 2.23. The maximum absolute atomic E-state index is 3.41. The van der Waals surface area contributed by atoms with Gasteiger partial charge >= 0.3 is 0 Å². The highest BCUT2D eigenvalue weighted by Gasteiger charge is 2.19. The van der Waals surface area contributed by atoms with Crippen LogP contribution in [0.25, 0.3) is 0 Å². The molecule has 1 fully saturated rings. The Bertz CT molecular complexity index is 297. The Morgan fingerprint density at radius 3 is 3.15 bits per heavy atom. The second-order valence-corrected chi connectivity index (χ2v) is 6.12. The van der Waals surface area contributed by atoms with Crippen LogP contribution in [0.3, 0.4) is 0 Å². The van der Waals surface area contributed by atoms with Gasteiger partial charge in [-0.1, -0.05) is 46.9 Å². The van der Waals surface area contributed by atoms with Crippen molar-refractivity contribution in [2.24, 2.45) is 0 Å². The molecule has 0 bridgehead atoms. The summed E-state index contributed by atoms with van der Waals surface area (Å²) in [6, 6.07) is 0. The summed E-state index contributed by atoms with van der Waals surface area (Å²) in [5.41, 5.74) is 2.99. The fourth-order valence-electron chi connectivity index (χ4n) is 1.80. The predicted octanol–water partition coefficient (Wildman–Crippen LogP) is 2.60. The summed E-state index contributed by atoms with van der Waals surface area (Å²) in [5, 5.41) is 3.41. The summed E-state index contributed by atoms with van der Waals surface area (Å²) in [5.74, 6) is 0. The van der Waals surface area contributed by atoms with Crippen molar-refractivity contribution in [2.75, 3.05) is 13.1 Å². The summed E-state index contributed by atoms with van der Waals surface area (Å²) in [6.45, 7) is 4.39. The van der Waals surface area contributed by atoms with Gasteiger partial charge in [0.25, 0.3) is 0 Å². The van der Waals surface area contributed by atoms with Crippen molar-refractivity contribution in [3.63, 3.8) is 0 Å². The van der Waals surface area contributed by atoms with E-state index in [9.17, 15) is 0 Å². The molecule has 0 radical (unpaired) electrons. The number of piperidine rings is 1. The van der Waals surface area contributed by atoms with Crippen molar-refractivity contribution in [1.82, 2.24) is 5.32 Å². The molecule has 1 nitrogen and oxygen atoms in total. The van der Waals surface area contributed by atoms with Gasteiger partial charge in [0, 0.05) is 6.54 Å². The Morgan fingerprint density at radius 1 is 1.46 bits per heavy atom. The molecule has 0 spiro atoms. The number of halogens is 1. The molecule has 0 amide bonds. The first-order chi connectivity index (χ1) is 6.17. The molecule has 0 saturated carbocycles. The van der Waals surface area contributed by atoms with Crippen LogP contribution < -0.4 is 5.32 Å². The lowest BCUT2D eigenvalue weighted by molar-refractivity contribution is 0.680. The van der Waals surface area contributed by atoms with Crippen LogP contribution in [0.15, 0.2) is 35.5 Å². The summed E-state index contributed by atoms with van der Waals surface area (Å²) in [4.78, 5) is 0. The van der Waals surface area contributed by atoms with Gasteiger partial charge in [0.15, 0.2) is 0 Å². The van der Waals surface area contributed by atoms with Gasteiger partial charge in [-0.15, -0.1) is 0 Å². The molecule has 1 saturated heterocycles. The van der Waals surface area contributed by atoms with Gasteiger partial charge in [-0.2, -0.15) is 0 Å². The molecule has 1 unspecified atom stereocenters. The van der Waals surface area contributed by atoms with Gasteiger partial charge in [0.2, 0.25) is 0 Å². The first-order valence-electron chi connectivity index (χ1n) is 4.67. The van der Waals surface area contributed by atoms with Crippen LogP contribution in [0.2, 0.25) is 0 Å². The molecular formula is C11H14IN. The van der Waals surface area contributed by atoms with Gasteiger partial charge in [-0.25, -0.2) is 0 Å². The number of alkyl halides is 1. The Hall–Kier alpha value is -0.0900. The van der Waals surface area contributed by atoms with Crippen LogP contribution in [0, 0.1) is 0 Å². The molecule has 1 aliphatic carbocycles. The van der Waals surface area contributed by atoms with E-state index in [2.05, 4.69) is 59.1 Å². The van der Waals surface area contributed by atoms with Gasteiger partial charge in [0.1, 0.15) is 0 Å². The SMILES string of the molecule is CC1(I)C=CC=C2CCNCC2=C1. The Kier molecular flexibility index (Phi) is 2.60. The van der Waals surface area contributed by atoms with Crippen LogP contribution >= 0.6 is 22.6 Å². The van der Waals surface area contributed by atoms with E-state index in [4.69, 9.17) is 0 Å². The van der Waals surface area contributed by atoms with E-state index in [0.29, 0.717) is 0 Å². The molecule has 13 heavy (non-hydrogen) atoms. The normalized spacial score (nSPS) is 33.1. The molecule has 1 atom stereocenters. The highest BCUT2D eigenvalue weighted by atomic mass is 127. The van der Waals surface area contributed by atoms with E-state index < -0.39 is 0 Å². The largest absolute Gasteiger partial charge is 0.312 e. The average molecular weight is 287 g/mol. The lowest BCUT2D eigenvalue weighted by atomic mass is 9.97. The highest BCUT2D eigenvalue weighted by Crippen LogP contribution is 2.30. The first-order valence-corrected chi connectivity index (χ1v) is 5.75. The van der Waals surface area contributed by atoms with Crippen molar-refractivity contribution in [2.45, 2.75) is 16.8 Å². The van der Waals surface area contributed by atoms with Gasteiger partial charge in [0.05, 0.1) is 3.42 Å². The highest BCUT2D eigenvalue weighted by molar-refractivity contribution is 14.1. The zero-order valence-corrected chi connectivity index (χ0v) is 9.97. The van der Waals surface area contributed by atoms with E-state index in [-0.39, 0.29) is 3.42 Å². The van der Waals surface area contributed by atoms with Gasteiger partial charge < -0.3 is 5.32 Å². The number of rotatable bonds is 0. The van der Waals surface area contributed by atoms with Crippen LogP contribution in [0.4, 0.5) is 0 Å². The van der Waals surface area contributed by atoms with E-state index in [1.807, 2.05) is 0 Å².